The van der Waals surface area contributed by atoms with Gasteiger partial charge in [0.25, 0.3) is 0 Å². The van der Waals surface area contributed by atoms with E-state index in [1.807, 2.05) is 0 Å². The first kappa shape index (κ1) is 15.0. The van der Waals surface area contributed by atoms with Gasteiger partial charge >= 0.3 is 0 Å². The Labute approximate surface area is 128 Å². The molecule has 3 nitrogen and oxygen atoms in total. The fraction of sp³-hybridized carbons (Fsp3) is 0.667. The summed E-state index contributed by atoms with van der Waals surface area (Å²) in [4.78, 5) is 0. The first-order valence-electron chi connectivity index (χ1n) is 8.39. The summed E-state index contributed by atoms with van der Waals surface area (Å²) in [5, 5.41) is 0. The van der Waals surface area contributed by atoms with Crippen LogP contribution in [0.2, 0.25) is 0 Å². The van der Waals surface area contributed by atoms with Crippen molar-refractivity contribution < 1.29 is 4.74 Å². The maximum atomic E-state index is 6.22. The van der Waals surface area contributed by atoms with E-state index < -0.39 is 0 Å². The summed E-state index contributed by atoms with van der Waals surface area (Å²) in [6.07, 6.45) is 8.71. The number of hydrogen-bond donors (Lipinski definition) is 2. The molecule has 1 aromatic rings. The highest BCUT2D eigenvalue weighted by Gasteiger charge is 2.40. The fourth-order valence-electron chi connectivity index (χ4n) is 4.17. The highest BCUT2D eigenvalue weighted by atomic mass is 16.5. The van der Waals surface area contributed by atoms with Gasteiger partial charge in [-0.1, -0.05) is 49.1 Å². The van der Waals surface area contributed by atoms with Crippen LogP contribution < -0.4 is 11.3 Å². The fourth-order valence-corrected chi connectivity index (χ4v) is 4.17. The standard InChI is InChI=1S/C18H28N2O/c1-14-5-7-15(8-6-14)17(20-19)16-9-12-21-18(13-16)10-3-2-4-11-18/h5-8,16-17,20H,2-4,9-13,19H2,1H3. The van der Waals surface area contributed by atoms with Crippen molar-refractivity contribution in [1.82, 2.24) is 5.43 Å². The summed E-state index contributed by atoms with van der Waals surface area (Å²) < 4.78 is 6.22. The van der Waals surface area contributed by atoms with Crippen molar-refractivity contribution >= 4 is 0 Å². The average Bonchev–Trinajstić information content (AvgIpc) is 2.51. The van der Waals surface area contributed by atoms with Gasteiger partial charge in [-0.25, -0.2) is 0 Å². The van der Waals surface area contributed by atoms with Crippen LogP contribution in [0.3, 0.4) is 0 Å². The minimum absolute atomic E-state index is 0.140. The van der Waals surface area contributed by atoms with Crippen molar-refractivity contribution in [2.75, 3.05) is 6.61 Å². The molecule has 1 saturated carbocycles. The van der Waals surface area contributed by atoms with Gasteiger partial charge in [-0.3, -0.25) is 11.3 Å². The normalized spacial score (nSPS) is 26.7. The van der Waals surface area contributed by atoms with E-state index in [-0.39, 0.29) is 11.6 Å². The Balaban J connectivity index is 1.75. The van der Waals surface area contributed by atoms with E-state index in [1.165, 1.54) is 43.2 Å². The molecule has 3 rings (SSSR count). The summed E-state index contributed by atoms with van der Waals surface area (Å²) in [7, 11) is 0. The van der Waals surface area contributed by atoms with E-state index in [2.05, 4.69) is 36.6 Å². The van der Waals surface area contributed by atoms with Crippen LogP contribution in [0, 0.1) is 12.8 Å². The first-order chi connectivity index (χ1) is 10.2. The summed E-state index contributed by atoms with van der Waals surface area (Å²) >= 11 is 0. The largest absolute Gasteiger partial charge is 0.375 e. The third-order valence-corrected chi connectivity index (χ3v) is 5.38. The zero-order valence-corrected chi connectivity index (χ0v) is 13.1. The number of nitrogens with two attached hydrogens (primary N) is 1. The minimum Gasteiger partial charge on any atom is -0.375 e. The Morgan fingerprint density at radius 2 is 1.90 bits per heavy atom. The van der Waals surface area contributed by atoms with Crippen molar-refractivity contribution in [3.05, 3.63) is 35.4 Å². The molecule has 1 aliphatic heterocycles. The maximum absolute atomic E-state index is 6.22. The van der Waals surface area contributed by atoms with E-state index in [0.29, 0.717) is 5.92 Å². The molecule has 3 N–H and O–H groups in total. The Bertz CT molecular complexity index is 445. The Morgan fingerprint density at radius 3 is 2.57 bits per heavy atom. The number of aryl methyl sites for hydroxylation is 1. The average molecular weight is 288 g/mol. The third kappa shape index (κ3) is 3.31. The van der Waals surface area contributed by atoms with E-state index in [0.717, 1.165) is 19.4 Å². The summed E-state index contributed by atoms with van der Waals surface area (Å²) in [6, 6.07) is 9.02. The van der Waals surface area contributed by atoms with Gasteiger partial charge in [0.2, 0.25) is 0 Å². The predicted octanol–water partition coefficient (Wildman–Crippen LogP) is 3.63. The second kappa shape index (κ2) is 6.47. The van der Waals surface area contributed by atoms with Gasteiger partial charge in [0.15, 0.2) is 0 Å². The predicted molar refractivity (Wildman–Crippen MR) is 85.7 cm³/mol. The smallest absolute Gasteiger partial charge is 0.0686 e. The Kier molecular flexibility index (Phi) is 4.63. The minimum atomic E-state index is 0.140. The number of ether oxygens (including phenoxy) is 1. The number of benzene rings is 1. The molecule has 2 unspecified atom stereocenters. The SMILES string of the molecule is Cc1ccc(C(NN)C2CCOC3(CCCCC3)C2)cc1. The van der Waals surface area contributed by atoms with Crippen LogP contribution in [-0.4, -0.2) is 12.2 Å². The lowest BCUT2D eigenvalue weighted by molar-refractivity contribution is -0.122. The summed E-state index contributed by atoms with van der Waals surface area (Å²) in [5.74, 6) is 6.47. The highest BCUT2D eigenvalue weighted by Crippen LogP contribution is 2.44. The van der Waals surface area contributed by atoms with E-state index in [4.69, 9.17) is 10.6 Å². The molecule has 1 aliphatic carbocycles. The van der Waals surface area contributed by atoms with E-state index in [1.54, 1.807) is 0 Å². The van der Waals surface area contributed by atoms with Crippen LogP contribution in [0.25, 0.3) is 0 Å². The molecule has 1 heterocycles. The first-order valence-corrected chi connectivity index (χ1v) is 8.39. The van der Waals surface area contributed by atoms with Gasteiger partial charge in [0.05, 0.1) is 5.60 Å². The topological polar surface area (TPSA) is 47.3 Å². The molecular formula is C18H28N2O. The lowest BCUT2D eigenvalue weighted by atomic mass is 9.73. The molecule has 2 aliphatic rings. The van der Waals surface area contributed by atoms with Gasteiger partial charge in [-0.15, -0.1) is 0 Å². The van der Waals surface area contributed by atoms with Crippen LogP contribution >= 0.6 is 0 Å². The molecular weight excluding hydrogens is 260 g/mol. The van der Waals surface area contributed by atoms with E-state index in [9.17, 15) is 0 Å². The van der Waals surface area contributed by atoms with Gasteiger partial charge in [-0.05, 0) is 44.1 Å². The third-order valence-electron chi connectivity index (χ3n) is 5.38. The molecule has 116 valence electrons. The van der Waals surface area contributed by atoms with Crippen molar-refractivity contribution in [3.8, 4) is 0 Å². The molecule has 1 aromatic carbocycles. The Morgan fingerprint density at radius 1 is 1.19 bits per heavy atom. The van der Waals surface area contributed by atoms with Crippen molar-refractivity contribution in [2.24, 2.45) is 11.8 Å². The van der Waals surface area contributed by atoms with Crippen molar-refractivity contribution in [3.63, 3.8) is 0 Å². The lowest BCUT2D eigenvalue weighted by Gasteiger charge is -2.45. The van der Waals surface area contributed by atoms with Gasteiger partial charge in [0, 0.05) is 12.6 Å². The van der Waals surface area contributed by atoms with Crippen molar-refractivity contribution in [2.45, 2.75) is 63.5 Å². The highest BCUT2D eigenvalue weighted by molar-refractivity contribution is 5.24. The Hall–Kier alpha value is -0.900. The molecule has 0 amide bonds. The molecule has 21 heavy (non-hydrogen) atoms. The molecule has 0 radical (unpaired) electrons. The van der Waals surface area contributed by atoms with E-state index >= 15 is 0 Å². The van der Waals surface area contributed by atoms with Crippen molar-refractivity contribution in [1.29, 1.82) is 0 Å². The molecule has 1 spiro atoms. The lowest BCUT2D eigenvalue weighted by Crippen LogP contribution is -2.45. The molecule has 1 saturated heterocycles. The molecule has 2 fully saturated rings. The molecule has 0 bridgehead atoms. The van der Waals surface area contributed by atoms with Gasteiger partial charge < -0.3 is 4.74 Å². The second-order valence-electron chi connectivity index (χ2n) is 6.90. The number of rotatable bonds is 3. The zero-order chi connectivity index (χ0) is 14.7. The molecule has 3 heteroatoms. The second-order valence-corrected chi connectivity index (χ2v) is 6.90. The molecule has 0 aromatic heterocycles. The zero-order valence-electron chi connectivity index (χ0n) is 13.1. The van der Waals surface area contributed by atoms with Gasteiger partial charge in [0.1, 0.15) is 0 Å². The summed E-state index contributed by atoms with van der Waals surface area (Å²) in [5.41, 5.74) is 5.82. The van der Waals surface area contributed by atoms with Crippen LogP contribution in [0.5, 0.6) is 0 Å². The number of hydrogen-bond acceptors (Lipinski definition) is 3. The molecule has 2 atom stereocenters. The van der Waals surface area contributed by atoms with Crippen LogP contribution in [0.4, 0.5) is 0 Å². The van der Waals surface area contributed by atoms with Gasteiger partial charge in [-0.2, -0.15) is 0 Å². The quantitative estimate of drug-likeness (QED) is 0.659. The van der Waals surface area contributed by atoms with Crippen LogP contribution in [0.15, 0.2) is 24.3 Å². The van der Waals surface area contributed by atoms with Crippen LogP contribution in [0.1, 0.15) is 62.1 Å². The van der Waals surface area contributed by atoms with Crippen LogP contribution in [-0.2, 0) is 4.74 Å². The maximum Gasteiger partial charge on any atom is 0.0686 e. The number of nitrogens with one attached hydrogen (secondary N) is 1. The monoisotopic (exact) mass is 288 g/mol. The number of hydrazine groups is 1. The summed E-state index contributed by atoms with van der Waals surface area (Å²) in [6.45, 7) is 3.01.